The number of carbonyl (C=O) groups is 1. The van der Waals surface area contributed by atoms with Gasteiger partial charge >= 0.3 is 0 Å². The van der Waals surface area contributed by atoms with Gasteiger partial charge in [-0.1, -0.05) is 11.6 Å². The van der Waals surface area contributed by atoms with Gasteiger partial charge in [-0.15, -0.1) is 0 Å². The van der Waals surface area contributed by atoms with E-state index in [-0.39, 0.29) is 17.6 Å². The van der Waals surface area contributed by atoms with E-state index in [1.165, 1.54) is 6.20 Å². The number of hydrogen-bond donors (Lipinski definition) is 1. The number of halogens is 1. The van der Waals surface area contributed by atoms with Crippen LogP contribution in [-0.4, -0.2) is 29.1 Å². The Balaban J connectivity index is 2.02. The van der Waals surface area contributed by atoms with E-state index >= 15 is 0 Å². The maximum Gasteiger partial charge on any atom is 0.253 e. The molecule has 0 saturated carbocycles. The highest BCUT2D eigenvalue weighted by atomic mass is 35.5. The molecule has 0 spiro atoms. The Morgan fingerprint density at radius 3 is 3.06 bits per heavy atom. The first-order valence-corrected chi connectivity index (χ1v) is 6.40. The van der Waals surface area contributed by atoms with Crippen molar-refractivity contribution in [1.29, 1.82) is 0 Å². The molecule has 2 rings (SSSR count). The Morgan fingerprint density at radius 1 is 1.61 bits per heavy atom. The van der Waals surface area contributed by atoms with E-state index in [0.717, 1.165) is 12.8 Å². The summed E-state index contributed by atoms with van der Waals surface area (Å²) in [5, 5.41) is 3.38. The van der Waals surface area contributed by atoms with Crippen molar-refractivity contribution >= 4 is 17.5 Å². The quantitative estimate of drug-likeness (QED) is 0.896. The van der Waals surface area contributed by atoms with Gasteiger partial charge in [-0.2, -0.15) is 0 Å². The Morgan fingerprint density at radius 2 is 2.39 bits per heavy atom. The lowest BCUT2D eigenvalue weighted by atomic mass is 9.94. The molecule has 0 bridgehead atoms. The van der Waals surface area contributed by atoms with Crippen molar-refractivity contribution in [1.82, 2.24) is 10.3 Å². The molecule has 1 aliphatic rings. The van der Waals surface area contributed by atoms with Crippen LogP contribution in [0.3, 0.4) is 0 Å². The number of carbonyl (C=O) groups excluding carboxylic acids is 1. The highest BCUT2D eigenvalue weighted by Gasteiger charge is 2.30. The molecule has 18 heavy (non-hydrogen) atoms. The van der Waals surface area contributed by atoms with Crippen molar-refractivity contribution in [3.8, 4) is 0 Å². The molecule has 1 aromatic rings. The molecule has 1 saturated heterocycles. The summed E-state index contributed by atoms with van der Waals surface area (Å²) >= 11 is 5.94. The molecule has 1 aromatic heterocycles. The number of aromatic nitrogens is 1. The summed E-state index contributed by atoms with van der Waals surface area (Å²) in [6, 6.07) is 1.76. The van der Waals surface area contributed by atoms with Gasteiger partial charge in [0.05, 0.1) is 16.2 Å². The topological polar surface area (TPSA) is 51.2 Å². The molecular formula is C13H17ClN2O2. The summed E-state index contributed by atoms with van der Waals surface area (Å²) < 4.78 is 5.62. The number of pyridine rings is 1. The second-order valence-electron chi connectivity index (χ2n) is 5.13. The number of rotatable bonds is 2. The van der Waals surface area contributed by atoms with Crippen LogP contribution in [0, 0.1) is 0 Å². The largest absolute Gasteiger partial charge is 0.375 e. The Hall–Kier alpha value is -1.13. The van der Waals surface area contributed by atoms with Crippen molar-refractivity contribution in [2.75, 3.05) is 6.61 Å². The van der Waals surface area contributed by atoms with Crippen molar-refractivity contribution in [2.24, 2.45) is 0 Å². The molecule has 5 heteroatoms. The third-order valence-corrected chi connectivity index (χ3v) is 3.35. The van der Waals surface area contributed by atoms with Gasteiger partial charge in [-0.05, 0) is 32.8 Å². The van der Waals surface area contributed by atoms with Crippen LogP contribution >= 0.6 is 11.6 Å². The van der Waals surface area contributed by atoms with Gasteiger partial charge in [0.2, 0.25) is 0 Å². The van der Waals surface area contributed by atoms with Gasteiger partial charge in [0.25, 0.3) is 5.91 Å². The van der Waals surface area contributed by atoms with E-state index in [1.807, 2.05) is 13.8 Å². The van der Waals surface area contributed by atoms with Gasteiger partial charge in [-0.25, -0.2) is 0 Å². The molecule has 98 valence electrons. The summed E-state index contributed by atoms with van der Waals surface area (Å²) in [6.45, 7) is 4.73. The third-order valence-electron chi connectivity index (χ3n) is 3.05. The molecular weight excluding hydrogens is 252 g/mol. The molecule has 1 N–H and O–H groups in total. The summed E-state index contributed by atoms with van der Waals surface area (Å²) in [5.74, 6) is -0.148. The molecule has 2 heterocycles. The monoisotopic (exact) mass is 268 g/mol. The fourth-order valence-corrected chi connectivity index (χ4v) is 2.38. The predicted molar refractivity (Wildman–Crippen MR) is 69.8 cm³/mol. The van der Waals surface area contributed by atoms with Gasteiger partial charge < -0.3 is 10.1 Å². The fourth-order valence-electron chi connectivity index (χ4n) is 2.18. The zero-order valence-electron chi connectivity index (χ0n) is 10.6. The number of nitrogens with zero attached hydrogens (tertiary/aromatic N) is 1. The average molecular weight is 269 g/mol. The highest BCUT2D eigenvalue weighted by Crippen LogP contribution is 2.24. The lowest BCUT2D eigenvalue weighted by Gasteiger charge is -2.35. The second-order valence-corrected chi connectivity index (χ2v) is 5.53. The van der Waals surface area contributed by atoms with Crippen LogP contribution in [0.1, 0.15) is 37.0 Å². The molecule has 1 atom stereocenters. The second kappa shape index (κ2) is 5.24. The van der Waals surface area contributed by atoms with E-state index < -0.39 is 0 Å². The lowest BCUT2D eigenvalue weighted by molar-refractivity contribution is -0.0615. The van der Waals surface area contributed by atoms with Crippen LogP contribution in [0.2, 0.25) is 5.02 Å². The Labute approximate surface area is 112 Å². The summed E-state index contributed by atoms with van der Waals surface area (Å²) in [5.41, 5.74) is 0.286. The van der Waals surface area contributed by atoms with Crippen LogP contribution < -0.4 is 5.32 Å². The molecule has 1 aliphatic heterocycles. The molecule has 0 aliphatic carbocycles. The first kappa shape index (κ1) is 13.3. The summed E-state index contributed by atoms with van der Waals surface area (Å²) in [6.07, 6.45) is 4.68. The first-order valence-electron chi connectivity index (χ1n) is 6.02. The van der Waals surface area contributed by atoms with Crippen molar-refractivity contribution < 1.29 is 9.53 Å². The Kier molecular flexibility index (Phi) is 3.88. The van der Waals surface area contributed by atoms with E-state index in [0.29, 0.717) is 17.2 Å². The van der Waals surface area contributed by atoms with Gasteiger partial charge in [0.15, 0.2) is 0 Å². The predicted octanol–water partition coefficient (Wildman–Crippen LogP) is 2.42. The maximum atomic E-state index is 12.1. The van der Waals surface area contributed by atoms with E-state index in [9.17, 15) is 4.79 Å². The van der Waals surface area contributed by atoms with E-state index in [1.54, 1.807) is 12.3 Å². The Bertz CT molecular complexity index is 448. The summed E-state index contributed by atoms with van der Waals surface area (Å²) in [4.78, 5) is 15.9. The van der Waals surface area contributed by atoms with Crippen LogP contribution in [0.4, 0.5) is 0 Å². The van der Waals surface area contributed by atoms with Gasteiger partial charge in [0, 0.05) is 25.0 Å². The van der Waals surface area contributed by atoms with Crippen molar-refractivity contribution in [3.05, 3.63) is 29.0 Å². The van der Waals surface area contributed by atoms with Crippen LogP contribution in [0.5, 0.6) is 0 Å². The number of amides is 1. The van der Waals surface area contributed by atoms with Crippen LogP contribution in [-0.2, 0) is 4.74 Å². The maximum absolute atomic E-state index is 12.1. The number of ether oxygens (including phenoxy) is 1. The standard InChI is InChI=1S/C13H17ClN2O2/c1-13(2)7-9(4-6-18-13)16-12(17)10-3-5-15-8-11(10)14/h3,5,8-9H,4,6-7H2,1-2H3,(H,16,17). The minimum atomic E-state index is -0.182. The molecule has 4 nitrogen and oxygen atoms in total. The molecule has 0 aromatic carbocycles. The van der Waals surface area contributed by atoms with Crippen molar-refractivity contribution in [2.45, 2.75) is 38.3 Å². The lowest BCUT2D eigenvalue weighted by Crippen LogP contribution is -2.45. The molecule has 1 unspecified atom stereocenters. The van der Waals surface area contributed by atoms with Crippen molar-refractivity contribution in [3.63, 3.8) is 0 Å². The van der Waals surface area contributed by atoms with Crippen LogP contribution in [0.25, 0.3) is 0 Å². The number of hydrogen-bond acceptors (Lipinski definition) is 3. The highest BCUT2D eigenvalue weighted by molar-refractivity contribution is 6.33. The zero-order valence-corrected chi connectivity index (χ0v) is 11.3. The molecule has 0 radical (unpaired) electrons. The first-order chi connectivity index (χ1) is 8.48. The van der Waals surface area contributed by atoms with Crippen LogP contribution in [0.15, 0.2) is 18.5 Å². The third kappa shape index (κ3) is 3.21. The molecule has 1 fully saturated rings. The SMILES string of the molecule is CC1(C)CC(NC(=O)c2ccncc2Cl)CCO1. The van der Waals surface area contributed by atoms with E-state index in [2.05, 4.69) is 10.3 Å². The average Bonchev–Trinajstić information content (AvgIpc) is 2.28. The minimum Gasteiger partial charge on any atom is -0.375 e. The zero-order chi connectivity index (χ0) is 13.2. The van der Waals surface area contributed by atoms with E-state index in [4.69, 9.17) is 16.3 Å². The minimum absolute atomic E-state index is 0.130. The summed E-state index contributed by atoms with van der Waals surface area (Å²) in [7, 11) is 0. The van der Waals surface area contributed by atoms with Gasteiger partial charge in [-0.3, -0.25) is 9.78 Å². The number of nitrogens with one attached hydrogen (secondary N) is 1. The fraction of sp³-hybridized carbons (Fsp3) is 0.538. The van der Waals surface area contributed by atoms with Gasteiger partial charge in [0.1, 0.15) is 0 Å². The molecule has 1 amide bonds. The smallest absolute Gasteiger partial charge is 0.253 e. The normalized spacial score (nSPS) is 22.5.